The fourth-order valence-corrected chi connectivity index (χ4v) is 2.55. The molecule has 0 aromatic heterocycles. The van der Waals surface area contributed by atoms with Crippen LogP contribution < -0.4 is 4.90 Å². The highest BCUT2D eigenvalue weighted by molar-refractivity contribution is 5.56. The predicted molar refractivity (Wildman–Crippen MR) is 73.0 cm³/mol. The number of alkyl halides is 3. The number of anilines is 1. The molecule has 1 aromatic rings. The summed E-state index contributed by atoms with van der Waals surface area (Å²) in [6.07, 6.45) is -3.66. The first kappa shape index (κ1) is 15.6. The quantitative estimate of drug-likeness (QED) is 0.837. The lowest BCUT2D eigenvalue weighted by Gasteiger charge is -2.40. The van der Waals surface area contributed by atoms with Gasteiger partial charge in [0.05, 0.1) is 35.9 Å². The summed E-state index contributed by atoms with van der Waals surface area (Å²) in [4.78, 5) is 2.02. The van der Waals surface area contributed by atoms with Crippen molar-refractivity contribution in [3.8, 4) is 6.07 Å². The van der Waals surface area contributed by atoms with Crippen LogP contribution in [0.2, 0.25) is 0 Å². The summed E-state index contributed by atoms with van der Waals surface area (Å²) in [5.74, 6) is 0. The Morgan fingerprint density at radius 1 is 1.43 bits per heavy atom. The highest BCUT2D eigenvalue weighted by Gasteiger charge is 2.34. The maximum atomic E-state index is 12.8. The molecule has 1 aromatic carbocycles. The second kappa shape index (κ2) is 5.94. The zero-order valence-corrected chi connectivity index (χ0v) is 11.9. The molecule has 1 heterocycles. The van der Waals surface area contributed by atoms with Gasteiger partial charge in [-0.3, -0.25) is 0 Å². The Bertz CT molecular complexity index is 551. The van der Waals surface area contributed by atoms with Crippen molar-refractivity contribution in [2.24, 2.45) is 0 Å². The minimum Gasteiger partial charge on any atom is -0.375 e. The van der Waals surface area contributed by atoms with Gasteiger partial charge >= 0.3 is 6.18 Å². The third-order valence-electron chi connectivity index (χ3n) is 3.70. The summed E-state index contributed by atoms with van der Waals surface area (Å²) in [7, 11) is 0. The number of ether oxygens (including phenoxy) is 1. The summed E-state index contributed by atoms with van der Waals surface area (Å²) in [5, 5.41) is 8.99. The molecular formula is C15H17F3N2O. The first-order valence-electron chi connectivity index (χ1n) is 6.86. The van der Waals surface area contributed by atoms with Gasteiger partial charge in [-0.05, 0) is 31.5 Å². The molecule has 0 aliphatic carbocycles. The van der Waals surface area contributed by atoms with Crippen LogP contribution >= 0.6 is 0 Å². The third kappa shape index (κ3) is 3.30. The molecule has 0 saturated carbocycles. The average molecular weight is 298 g/mol. The number of hydrogen-bond acceptors (Lipinski definition) is 3. The Balaban J connectivity index is 2.38. The molecule has 2 rings (SSSR count). The molecule has 1 aliphatic rings. The summed E-state index contributed by atoms with van der Waals surface area (Å²) >= 11 is 0. The number of rotatable bonds is 2. The van der Waals surface area contributed by atoms with Gasteiger partial charge in [-0.25, -0.2) is 0 Å². The maximum absolute atomic E-state index is 12.8. The Morgan fingerprint density at radius 2 is 2.14 bits per heavy atom. The van der Waals surface area contributed by atoms with Gasteiger partial charge in [0.2, 0.25) is 0 Å². The van der Waals surface area contributed by atoms with E-state index in [0.29, 0.717) is 18.8 Å². The number of nitriles is 1. The van der Waals surface area contributed by atoms with Gasteiger partial charge in [-0.15, -0.1) is 0 Å². The molecule has 0 amide bonds. The van der Waals surface area contributed by atoms with Crippen LogP contribution in [-0.4, -0.2) is 25.3 Å². The van der Waals surface area contributed by atoms with Crippen molar-refractivity contribution < 1.29 is 17.9 Å². The van der Waals surface area contributed by atoms with E-state index >= 15 is 0 Å². The predicted octanol–water partition coefficient (Wildman–Crippen LogP) is 3.58. The second-order valence-corrected chi connectivity index (χ2v) is 5.20. The van der Waals surface area contributed by atoms with Crippen LogP contribution in [0.25, 0.3) is 0 Å². The maximum Gasteiger partial charge on any atom is 0.417 e. The molecule has 0 bridgehead atoms. The van der Waals surface area contributed by atoms with E-state index in [0.717, 1.165) is 12.5 Å². The molecule has 1 fully saturated rings. The van der Waals surface area contributed by atoms with Gasteiger partial charge in [0.15, 0.2) is 0 Å². The van der Waals surface area contributed by atoms with Crippen LogP contribution in [-0.2, 0) is 10.9 Å². The van der Waals surface area contributed by atoms with Crippen molar-refractivity contribution in [3.05, 3.63) is 29.3 Å². The number of halogens is 3. The van der Waals surface area contributed by atoms with Crippen LogP contribution in [0.1, 0.15) is 31.4 Å². The van der Waals surface area contributed by atoms with Crippen molar-refractivity contribution in [2.45, 2.75) is 38.6 Å². The zero-order valence-electron chi connectivity index (χ0n) is 11.9. The van der Waals surface area contributed by atoms with E-state index in [1.165, 1.54) is 12.1 Å². The van der Waals surface area contributed by atoms with Crippen molar-refractivity contribution in [1.82, 2.24) is 0 Å². The fraction of sp³-hybridized carbons (Fsp3) is 0.533. The van der Waals surface area contributed by atoms with E-state index < -0.39 is 11.7 Å². The van der Waals surface area contributed by atoms with Gasteiger partial charge < -0.3 is 9.64 Å². The first-order valence-corrected chi connectivity index (χ1v) is 6.86. The molecule has 114 valence electrons. The van der Waals surface area contributed by atoms with E-state index in [4.69, 9.17) is 10.00 Å². The summed E-state index contributed by atoms with van der Waals surface area (Å²) in [6.45, 7) is 5.08. The summed E-state index contributed by atoms with van der Waals surface area (Å²) < 4.78 is 44.1. The van der Waals surface area contributed by atoms with Gasteiger partial charge in [-0.1, -0.05) is 6.92 Å². The minimum atomic E-state index is -4.51. The van der Waals surface area contributed by atoms with Crippen molar-refractivity contribution in [3.63, 3.8) is 0 Å². The van der Waals surface area contributed by atoms with Crippen molar-refractivity contribution in [2.75, 3.05) is 18.1 Å². The minimum absolute atomic E-state index is 0.0145. The average Bonchev–Trinajstić information content (AvgIpc) is 2.45. The molecular weight excluding hydrogens is 281 g/mol. The van der Waals surface area contributed by atoms with Crippen molar-refractivity contribution >= 4 is 5.69 Å². The van der Waals surface area contributed by atoms with Gasteiger partial charge in [0.1, 0.15) is 0 Å². The van der Waals surface area contributed by atoms with Gasteiger partial charge in [-0.2, -0.15) is 18.4 Å². The highest BCUT2D eigenvalue weighted by atomic mass is 19.4. The van der Waals surface area contributed by atoms with E-state index in [1.807, 2.05) is 18.7 Å². The van der Waals surface area contributed by atoms with Gasteiger partial charge in [0, 0.05) is 12.2 Å². The molecule has 2 atom stereocenters. The number of hydrogen-bond donors (Lipinski definition) is 0. The third-order valence-corrected chi connectivity index (χ3v) is 3.70. The summed E-state index contributed by atoms with van der Waals surface area (Å²) in [5.41, 5.74) is -0.585. The molecule has 0 spiro atoms. The second-order valence-electron chi connectivity index (χ2n) is 5.20. The molecule has 1 aliphatic heterocycles. The smallest absolute Gasteiger partial charge is 0.375 e. The van der Waals surface area contributed by atoms with E-state index in [9.17, 15) is 13.2 Å². The van der Waals surface area contributed by atoms with Crippen LogP contribution in [0.15, 0.2) is 18.2 Å². The Labute approximate surface area is 121 Å². The molecule has 6 heteroatoms. The van der Waals surface area contributed by atoms with Crippen molar-refractivity contribution in [1.29, 1.82) is 5.26 Å². The molecule has 1 saturated heterocycles. The lowest BCUT2D eigenvalue weighted by Crippen LogP contribution is -2.48. The zero-order chi connectivity index (χ0) is 15.6. The number of nitrogens with zero attached hydrogens (tertiary/aromatic N) is 2. The molecule has 0 N–H and O–H groups in total. The standard InChI is InChI=1S/C15H17F3N2O/c1-3-12-9-21-10(2)8-20(12)13-4-5-14(15(16,17)18)11(6-13)7-19/h4-6,10,12H,3,8-9H2,1-2H3. The van der Waals surface area contributed by atoms with E-state index in [-0.39, 0.29) is 17.7 Å². The normalized spacial score (nSPS) is 23.0. The monoisotopic (exact) mass is 298 g/mol. The van der Waals surface area contributed by atoms with Crippen LogP contribution in [0.5, 0.6) is 0 Å². The Hall–Kier alpha value is -1.74. The number of morpholine rings is 1. The SMILES string of the molecule is CCC1COC(C)CN1c1ccc(C(F)(F)F)c(C#N)c1. The highest BCUT2D eigenvalue weighted by Crippen LogP contribution is 2.34. The lowest BCUT2D eigenvalue weighted by atomic mass is 10.0. The van der Waals surface area contributed by atoms with Gasteiger partial charge in [0.25, 0.3) is 0 Å². The molecule has 2 unspecified atom stereocenters. The lowest BCUT2D eigenvalue weighted by molar-refractivity contribution is -0.137. The molecule has 21 heavy (non-hydrogen) atoms. The van der Waals surface area contributed by atoms with Crippen LogP contribution in [0.3, 0.4) is 0 Å². The summed E-state index contributed by atoms with van der Waals surface area (Å²) in [6, 6.07) is 5.51. The first-order chi connectivity index (χ1) is 9.86. The van der Waals surface area contributed by atoms with E-state index in [2.05, 4.69) is 0 Å². The molecule has 0 radical (unpaired) electrons. The Kier molecular flexibility index (Phi) is 4.43. The van der Waals surface area contributed by atoms with Crippen LogP contribution in [0, 0.1) is 11.3 Å². The molecule has 3 nitrogen and oxygen atoms in total. The fourth-order valence-electron chi connectivity index (χ4n) is 2.55. The Morgan fingerprint density at radius 3 is 2.71 bits per heavy atom. The topological polar surface area (TPSA) is 36.3 Å². The van der Waals surface area contributed by atoms with E-state index in [1.54, 1.807) is 6.07 Å². The van der Waals surface area contributed by atoms with Crippen LogP contribution in [0.4, 0.5) is 18.9 Å². The number of benzene rings is 1. The largest absolute Gasteiger partial charge is 0.417 e.